The van der Waals surface area contributed by atoms with Crippen LogP contribution in [0.15, 0.2) is 59.5 Å². The molecule has 1 N–H and O–H groups in total. The summed E-state index contributed by atoms with van der Waals surface area (Å²) >= 11 is 0. The number of methoxy groups -OCH3 is 2. The summed E-state index contributed by atoms with van der Waals surface area (Å²) in [5.74, 6) is 0.732. The minimum Gasteiger partial charge on any atom is -0.496 e. The SMILES string of the molecule is CCc1cc(S(=O)(=O)NCCc2ccc(OCC(=O)OC)cc2)c2ccccc(OC)c1-2. The number of rotatable bonds is 10. The molecule has 0 saturated heterocycles. The lowest BCUT2D eigenvalue weighted by Crippen LogP contribution is -2.26. The molecule has 0 bridgehead atoms. The monoisotopic (exact) mass is 457 g/mol. The molecule has 0 heterocycles. The Balaban J connectivity index is 1.69. The van der Waals surface area contributed by atoms with Crippen molar-refractivity contribution >= 4 is 16.0 Å². The van der Waals surface area contributed by atoms with Gasteiger partial charge in [0.2, 0.25) is 10.0 Å². The number of hydrogen-bond acceptors (Lipinski definition) is 6. The Morgan fingerprint density at radius 1 is 1.03 bits per heavy atom. The number of aryl methyl sites for hydroxylation is 1. The average molecular weight is 458 g/mol. The Morgan fingerprint density at radius 3 is 2.41 bits per heavy atom. The molecule has 2 aliphatic rings. The Labute approximate surface area is 188 Å². The third-order valence-electron chi connectivity index (χ3n) is 5.13. The third kappa shape index (κ3) is 5.38. The number of carbonyl (C=O) groups excluding carboxylic acids is 1. The van der Waals surface area contributed by atoms with Gasteiger partial charge in [-0.05, 0) is 48.2 Å². The second-order valence-electron chi connectivity index (χ2n) is 7.12. The molecule has 0 spiro atoms. The summed E-state index contributed by atoms with van der Waals surface area (Å²) in [5, 5.41) is 0. The lowest BCUT2D eigenvalue weighted by molar-refractivity contribution is -0.142. The van der Waals surface area contributed by atoms with Crippen LogP contribution in [0.2, 0.25) is 0 Å². The van der Waals surface area contributed by atoms with Gasteiger partial charge in [-0.25, -0.2) is 17.9 Å². The molecule has 1 aromatic carbocycles. The molecule has 0 aliphatic heterocycles. The summed E-state index contributed by atoms with van der Waals surface area (Å²) in [6, 6.07) is 16.1. The van der Waals surface area contributed by atoms with Crippen LogP contribution in [0, 0.1) is 0 Å². The first-order valence-corrected chi connectivity index (χ1v) is 11.7. The van der Waals surface area contributed by atoms with E-state index in [1.54, 1.807) is 31.4 Å². The van der Waals surface area contributed by atoms with Crippen LogP contribution in [0.5, 0.6) is 11.5 Å². The molecule has 7 nitrogen and oxygen atoms in total. The van der Waals surface area contributed by atoms with Gasteiger partial charge >= 0.3 is 5.97 Å². The van der Waals surface area contributed by atoms with Gasteiger partial charge < -0.3 is 14.2 Å². The van der Waals surface area contributed by atoms with E-state index >= 15 is 0 Å². The zero-order chi connectivity index (χ0) is 23.1. The number of benzene rings is 1. The molecule has 32 heavy (non-hydrogen) atoms. The predicted octanol–water partition coefficient (Wildman–Crippen LogP) is 3.44. The summed E-state index contributed by atoms with van der Waals surface area (Å²) in [5.41, 5.74) is 3.33. The molecule has 0 fully saturated rings. The number of fused-ring (bicyclic) bond motifs is 1. The van der Waals surface area contributed by atoms with Crippen LogP contribution in [-0.4, -0.2) is 41.8 Å². The van der Waals surface area contributed by atoms with Gasteiger partial charge in [-0.1, -0.05) is 37.3 Å². The van der Waals surface area contributed by atoms with E-state index < -0.39 is 16.0 Å². The van der Waals surface area contributed by atoms with Gasteiger partial charge in [0, 0.05) is 17.7 Å². The normalized spacial score (nSPS) is 11.3. The average Bonchev–Trinajstić information content (AvgIpc) is 3.04. The van der Waals surface area contributed by atoms with Crippen LogP contribution in [0.1, 0.15) is 18.1 Å². The van der Waals surface area contributed by atoms with Gasteiger partial charge in [-0.15, -0.1) is 0 Å². The number of ether oxygens (including phenoxy) is 3. The molecule has 0 unspecified atom stereocenters. The topological polar surface area (TPSA) is 90.9 Å². The molecular formula is C24H27NO6S. The van der Waals surface area contributed by atoms with Gasteiger partial charge in [-0.2, -0.15) is 0 Å². The smallest absolute Gasteiger partial charge is 0.343 e. The number of esters is 1. The summed E-state index contributed by atoms with van der Waals surface area (Å²) in [4.78, 5) is 11.4. The molecule has 1 aromatic rings. The van der Waals surface area contributed by atoms with E-state index in [2.05, 4.69) is 9.46 Å². The van der Waals surface area contributed by atoms with Gasteiger partial charge in [-0.3, -0.25) is 0 Å². The largest absolute Gasteiger partial charge is 0.496 e. The van der Waals surface area contributed by atoms with Crippen LogP contribution < -0.4 is 14.2 Å². The Morgan fingerprint density at radius 2 is 1.75 bits per heavy atom. The molecular weight excluding hydrogens is 430 g/mol. The fourth-order valence-electron chi connectivity index (χ4n) is 3.47. The Hall–Kier alpha value is -3.10. The fourth-order valence-corrected chi connectivity index (χ4v) is 4.75. The number of carbonyl (C=O) groups is 1. The maximum Gasteiger partial charge on any atom is 0.343 e. The van der Waals surface area contributed by atoms with Crippen molar-refractivity contribution in [1.82, 2.24) is 4.72 Å². The van der Waals surface area contributed by atoms with E-state index in [-0.39, 0.29) is 18.0 Å². The molecule has 170 valence electrons. The lowest BCUT2D eigenvalue weighted by Gasteiger charge is -2.09. The second-order valence-corrected chi connectivity index (χ2v) is 8.85. The highest BCUT2D eigenvalue weighted by Crippen LogP contribution is 2.41. The van der Waals surface area contributed by atoms with Crippen LogP contribution in [0.25, 0.3) is 11.1 Å². The highest BCUT2D eigenvalue weighted by molar-refractivity contribution is 7.89. The van der Waals surface area contributed by atoms with Crippen molar-refractivity contribution in [2.75, 3.05) is 27.4 Å². The first-order valence-electron chi connectivity index (χ1n) is 10.3. The van der Waals surface area contributed by atoms with E-state index in [4.69, 9.17) is 9.47 Å². The minimum atomic E-state index is -3.71. The zero-order valence-electron chi connectivity index (χ0n) is 18.4. The Kier molecular flexibility index (Phi) is 7.71. The predicted molar refractivity (Wildman–Crippen MR) is 122 cm³/mol. The van der Waals surface area contributed by atoms with Crippen molar-refractivity contribution in [1.29, 1.82) is 0 Å². The lowest BCUT2D eigenvalue weighted by atomic mass is 10.1. The van der Waals surface area contributed by atoms with E-state index in [0.717, 1.165) is 16.7 Å². The van der Waals surface area contributed by atoms with E-state index in [9.17, 15) is 13.2 Å². The van der Waals surface area contributed by atoms with E-state index in [1.165, 1.54) is 7.11 Å². The zero-order valence-corrected chi connectivity index (χ0v) is 19.2. The molecule has 0 saturated carbocycles. The van der Waals surface area contributed by atoms with Crippen LogP contribution >= 0.6 is 0 Å². The number of sulfonamides is 1. The van der Waals surface area contributed by atoms with Crippen LogP contribution in [0.3, 0.4) is 0 Å². The molecule has 0 radical (unpaired) electrons. The standard InChI is InChI=1S/C24H27NO6S/c1-4-18-15-22(20-7-5-6-8-21(29-2)24(18)20)32(27,28)25-14-13-17-9-11-19(12-10-17)31-16-23(26)30-3/h5-12,15,25H,4,13-14,16H2,1-3H3. The van der Waals surface area contributed by atoms with Crippen molar-refractivity contribution in [2.45, 2.75) is 24.7 Å². The van der Waals surface area contributed by atoms with Crippen molar-refractivity contribution in [2.24, 2.45) is 0 Å². The molecule has 0 atom stereocenters. The number of nitrogens with one attached hydrogen (secondary N) is 1. The highest BCUT2D eigenvalue weighted by atomic mass is 32.2. The summed E-state index contributed by atoms with van der Waals surface area (Å²) in [7, 11) is -0.830. The second kappa shape index (κ2) is 10.5. The van der Waals surface area contributed by atoms with Crippen molar-refractivity contribution in [3.63, 3.8) is 0 Å². The van der Waals surface area contributed by atoms with Gasteiger partial charge in [0.15, 0.2) is 6.61 Å². The Bertz CT molecular complexity index is 1140. The molecule has 3 rings (SSSR count). The molecule has 2 aliphatic carbocycles. The molecule has 0 amide bonds. The maximum atomic E-state index is 13.1. The van der Waals surface area contributed by atoms with Crippen molar-refractivity contribution < 1.29 is 27.4 Å². The maximum absolute atomic E-state index is 13.1. The fraction of sp³-hybridized carbons (Fsp3) is 0.292. The number of hydrogen-bond donors (Lipinski definition) is 1. The van der Waals surface area contributed by atoms with Gasteiger partial charge in [0.25, 0.3) is 0 Å². The van der Waals surface area contributed by atoms with Gasteiger partial charge in [0.05, 0.1) is 19.1 Å². The summed E-state index contributed by atoms with van der Waals surface area (Å²) in [6.07, 6.45) is 1.20. The third-order valence-corrected chi connectivity index (χ3v) is 6.63. The van der Waals surface area contributed by atoms with Gasteiger partial charge in [0.1, 0.15) is 11.5 Å². The van der Waals surface area contributed by atoms with Crippen LogP contribution in [-0.2, 0) is 32.4 Å². The van der Waals surface area contributed by atoms with E-state index in [1.807, 2.05) is 37.3 Å². The summed E-state index contributed by atoms with van der Waals surface area (Å²) in [6.45, 7) is 2.07. The minimum absolute atomic E-state index is 0.161. The van der Waals surface area contributed by atoms with E-state index in [0.29, 0.717) is 29.9 Å². The first kappa shape index (κ1) is 23.6. The quantitative estimate of drug-likeness (QED) is 0.469. The van der Waals surface area contributed by atoms with Crippen molar-refractivity contribution in [3.8, 4) is 22.6 Å². The summed E-state index contributed by atoms with van der Waals surface area (Å²) < 4.78 is 44.2. The van der Waals surface area contributed by atoms with Crippen LogP contribution in [0.4, 0.5) is 0 Å². The first-order chi connectivity index (χ1) is 15.4. The van der Waals surface area contributed by atoms with Crippen molar-refractivity contribution in [3.05, 3.63) is 65.7 Å². The molecule has 8 heteroatoms. The molecule has 0 aromatic heterocycles. The highest BCUT2D eigenvalue weighted by Gasteiger charge is 2.26.